The Labute approximate surface area is 843 Å². The Bertz CT molecular complexity index is 13800. The van der Waals surface area contributed by atoms with Crippen LogP contribution in [0.3, 0.4) is 0 Å². The number of hydrogen-bond donors (Lipinski definition) is 0. The van der Waals surface area contributed by atoms with Gasteiger partial charge in [-0.1, -0.05) is 459 Å². The second-order valence-corrected chi connectivity index (χ2v) is 27.2. The SMILES string of the molecule is [2H]c1c([2H])c(-c2c3c([2H])c([2H])c([2H])c([2H])c3c(-c3c([2H])c([2H])c4c([2H])c([2H])c5c([2H])c([2H])c([2H])c([2H])c5c4c3[2H])c3c([2H])c([2H])c([2H])c([2H])c23)c([2H])c([2H])c1-c1c([2H])c([2H])c([2H])c2c([2H])c([2H])c([2H])c([2H])c12.[2H]c1c([2H])c([2H])c(-c2c([2H])c([2H])c(-c3c4c([2H])c([2H])c([2H])c([2H])c4c(-c4c([2H])c([2H])c5c([2H])c([2H])c6c([2H])c([2H])c([2H])c([2H])c6c5c4[2H])c4c([2H])c([2H])c([2H])c([2H])c34)c([2H])c2[2H])c([2H])c1[2H].[2H]c1c([2H])c([2H])c2c(-c3c([2H])c4c([2H])c([2H])c([2H])c([2H])c4c4c([2H])c([2H])c([2H])c([2H])c34)c3c([2H])c([2H])c([2H])c([2H])c3c(-c3c([2H])c([2H])c4c([2H])c([2H])c5c([2H])c([2H])c([2H])c([2H])c5c4c3[2H])c2c1[2H]. The molecule has 0 radical (unpaired) electrons. The van der Waals surface area contributed by atoms with Gasteiger partial charge in [0.05, 0.1) is 110 Å². The Balaban J connectivity index is 0.000000153. The van der Waals surface area contributed by atoms with Crippen molar-refractivity contribution in [2.75, 3.05) is 0 Å². The summed E-state index contributed by atoms with van der Waals surface area (Å²) in [7, 11) is 0. The highest BCUT2D eigenvalue weighted by Gasteiger charge is 2.24. The topological polar surface area (TPSA) is 0 Å². The molecule has 26 aromatic rings. The van der Waals surface area contributed by atoms with E-state index in [1.807, 2.05) is 0 Å². The van der Waals surface area contributed by atoms with Crippen LogP contribution in [0.2, 0.25) is 0 Å². The minimum absolute atomic E-state index is 0.534. The van der Waals surface area contributed by atoms with Gasteiger partial charge in [0.25, 0.3) is 0 Å². The van der Waals surface area contributed by atoms with Gasteiger partial charge in [0.15, 0.2) is 0 Å². The zero-order valence-electron chi connectivity index (χ0n) is 143. The van der Waals surface area contributed by atoms with Crippen LogP contribution in [0.5, 0.6) is 0 Å². The Morgan fingerprint density at radius 1 is 0.0952 bits per heavy atom. The van der Waals surface area contributed by atoms with Gasteiger partial charge in [0.2, 0.25) is 0 Å². The zero-order valence-corrected chi connectivity index (χ0v) is 63.0. The predicted octanol–water partition coefficient (Wildman–Crippen LogP) is 35.7. The van der Waals surface area contributed by atoms with E-state index in [9.17, 15) is 39.8 Å². The third-order valence-corrected chi connectivity index (χ3v) is 20.5. The van der Waals surface area contributed by atoms with Crippen molar-refractivity contribution in [2.24, 2.45) is 0 Å². The molecular formula is C126H80. The highest BCUT2D eigenvalue weighted by molar-refractivity contribution is 6.28. The number of hydrogen-bond acceptors (Lipinski definition) is 0. The molecule has 0 nitrogen and oxygen atoms in total. The summed E-state index contributed by atoms with van der Waals surface area (Å²) >= 11 is 0. The van der Waals surface area contributed by atoms with Gasteiger partial charge in [-0.05, 0) is 275 Å². The lowest BCUT2D eigenvalue weighted by molar-refractivity contribution is 1.61. The largest absolute Gasteiger partial charge is 0.0636 e. The van der Waals surface area contributed by atoms with Crippen LogP contribution in [0.1, 0.15) is 110 Å². The Kier molecular flexibility index (Phi) is 7.03. The van der Waals surface area contributed by atoms with Crippen molar-refractivity contribution in [1.29, 1.82) is 0 Å². The minimum atomic E-state index is -1.10. The molecule has 126 heavy (non-hydrogen) atoms. The van der Waals surface area contributed by atoms with Gasteiger partial charge in [-0.2, -0.15) is 0 Å². The van der Waals surface area contributed by atoms with Crippen molar-refractivity contribution >= 4 is 162 Å². The molecule has 0 saturated carbocycles. The van der Waals surface area contributed by atoms with E-state index in [2.05, 4.69) is 0 Å². The molecule has 0 aromatic heterocycles. The Morgan fingerprint density at radius 2 is 0.310 bits per heavy atom. The van der Waals surface area contributed by atoms with Crippen LogP contribution in [0, 0.1) is 0 Å². The Morgan fingerprint density at radius 3 is 0.667 bits per heavy atom. The van der Waals surface area contributed by atoms with E-state index in [4.69, 9.17) is 69.9 Å². The molecule has 0 heteroatoms. The van der Waals surface area contributed by atoms with E-state index in [1.165, 1.54) is 0 Å². The molecule has 0 aliphatic rings. The second-order valence-electron chi connectivity index (χ2n) is 27.2. The van der Waals surface area contributed by atoms with Gasteiger partial charge in [-0.3, -0.25) is 0 Å². The molecule has 0 aliphatic carbocycles. The summed E-state index contributed by atoms with van der Waals surface area (Å²) in [5.74, 6) is 0. The standard InChI is InChI=1S/C44H28.C42H26.C40H26/c1-3-13-35-29(10-1)12-9-19-36(35)31-22-25-33(26-23-31)43-38-15-5-7-17-40(38)44(41-18-8-6-16-39(41)43)34-27-24-32-21-20-30-11-2-4-14-37(30)42(32)28-34;1-3-13-31-27(11-1)21-22-28-23-24-30(26-39(28)31)41-35-17-7-9-19-37(35)42(38-20-10-8-18-36(38)41)40-25-29-12-2-4-14-32(29)33-15-5-6-16-34(33)40;1-2-10-27(11-3-1)28-18-23-31(24-19-28)39-34-14-6-8-16-36(34)40(37-17-9-7-15-35(37)39)32-25-22-30-21-20-29-12-4-5-13-33(29)38(30)26-32/h1-28H;1-26H;1-26H/i1D,2D,3D,4D,5D,6D,7D,8D,9D,10D,11D,12D,13D,14D,15D,16D,17D,18D,19D,20D,21D,22D,23D,24D,25D,26D,27D,28D;2*1D,2D,3D,4D,5D,6D,7D,8D,9D,10D,11D,12D,13D,14D,15D,16D,17D,18D,19D,20D,21D,22D,23D,24D,25D,26D. The van der Waals surface area contributed by atoms with Gasteiger partial charge in [-0.25, -0.2) is 0 Å². The van der Waals surface area contributed by atoms with Crippen LogP contribution in [0.15, 0.2) is 483 Å². The monoisotopic (exact) mass is 1670 g/mol. The molecule has 26 rings (SSSR count). The first-order valence-corrected chi connectivity index (χ1v) is 37.2. The average Bonchev–Trinajstić information content (AvgIpc) is 0.676. The maximum Gasteiger partial charge on any atom is 0.0636 e. The molecule has 0 N–H and O–H groups in total. The third kappa shape index (κ3) is 12.6. The summed E-state index contributed by atoms with van der Waals surface area (Å²) in [5.41, 5.74) is -12.2. The van der Waals surface area contributed by atoms with Crippen LogP contribution >= 0.6 is 0 Å². The molecule has 0 amide bonds. The second kappa shape index (κ2) is 30.9. The molecule has 0 bridgehead atoms. The normalized spacial score (nSPS) is 20.5. The first-order chi connectivity index (χ1) is 95.9. The van der Waals surface area contributed by atoms with E-state index in [1.54, 1.807) is 0 Å². The van der Waals surface area contributed by atoms with Gasteiger partial charge in [0.1, 0.15) is 0 Å². The van der Waals surface area contributed by atoms with Crippen molar-refractivity contribution in [3.8, 4) is 89.0 Å². The van der Waals surface area contributed by atoms with Crippen LogP contribution in [-0.2, 0) is 0 Å². The molecule has 26 aromatic carbocycles. The maximum absolute atomic E-state index is 9.80. The lowest BCUT2D eigenvalue weighted by Crippen LogP contribution is -1.92. The van der Waals surface area contributed by atoms with Gasteiger partial charge in [-0.15, -0.1) is 0 Å². The predicted molar refractivity (Wildman–Crippen MR) is 545 cm³/mol. The number of rotatable bonds is 8. The molecule has 584 valence electrons. The molecular weight excluding hydrogens is 1510 g/mol. The van der Waals surface area contributed by atoms with E-state index in [-0.39, 0.29) is 0 Å². The first kappa shape index (κ1) is 28.6. The molecule has 0 unspecified atom stereocenters. The third-order valence-electron chi connectivity index (χ3n) is 20.5. The van der Waals surface area contributed by atoms with Gasteiger partial charge < -0.3 is 0 Å². The quantitative estimate of drug-likeness (QED) is 0.105. The lowest BCUT2D eigenvalue weighted by atomic mass is 9.83. The fraction of sp³-hybridized carbons (Fsp3) is 0. The fourth-order valence-corrected chi connectivity index (χ4v) is 15.1. The zero-order chi connectivity index (χ0) is 153. The first-order valence-electron chi connectivity index (χ1n) is 77.2. The van der Waals surface area contributed by atoms with Crippen LogP contribution in [0.25, 0.3) is 251 Å². The van der Waals surface area contributed by atoms with Gasteiger partial charge >= 0.3 is 0 Å². The van der Waals surface area contributed by atoms with Crippen LogP contribution in [-0.4, -0.2) is 0 Å². The smallest absolute Gasteiger partial charge is 0.0622 e. The number of benzene rings is 26. The summed E-state index contributed by atoms with van der Waals surface area (Å²) in [6, 6.07) is -73.8. The molecule has 0 atom stereocenters. The summed E-state index contributed by atoms with van der Waals surface area (Å²) in [5, 5.41) is -19.3. The highest BCUT2D eigenvalue weighted by Crippen LogP contribution is 2.51. The van der Waals surface area contributed by atoms with E-state index in [0.717, 1.165) is 0 Å². The Hall–Kier alpha value is -16.4. The molecule has 0 saturated heterocycles. The number of fused-ring (bicyclic) bond motifs is 19. The molecule has 0 heterocycles. The lowest BCUT2D eigenvalue weighted by Gasteiger charge is -2.20. The molecule has 0 spiro atoms. The van der Waals surface area contributed by atoms with Gasteiger partial charge in [0, 0.05) is 0 Å². The summed E-state index contributed by atoms with van der Waals surface area (Å²) in [4.78, 5) is 0. The van der Waals surface area contributed by atoms with E-state index in [0.29, 0.717) is 0 Å². The van der Waals surface area contributed by atoms with Crippen molar-refractivity contribution in [1.82, 2.24) is 0 Å². The van der Waals surface area contributed by atoms with Crippen molar-refractivity contribution < 1.29 is 110 Å². The summed E-state index contributed by atoms with van der Waals surface area (Å²) < 4.78 is 715. The van der Waals surface area contributed by atoms with Crippen molar-refractivity contribution in [3.05, 3.63) is 483 Å². The van der Waals surface area contributed by atoms with E-state index >= 15 is 0 Å². The fourth-order valence-electron chi connectivity index (χ4n) is 15.1. The summed E-state index contributed by atoms with van der Waals surface area (Å²) in [6.07, 6.45) is 0. The van der Waals surface area contributed by atoms with Crippen LogP contribution in [0.4, 0.5) is 0 Å². The average molecular weight is 1670 g/mol. The van der Waals surface area contributed by atoms with Crippen molar-refractivity contribution in [3.63, 3.8) is 0 Å². The van der Waals surface area contributed by atoms with Crippen molar-refractivity contribution in [2.45, 2.75) is 0 Å². The van der Waals surface area contributed by atoms with E-state index < -0.39 is 734 Å². The molecule has 0 fully saturated rings. The minimum Gasteiger partial charge on any atom is -0.0622 e. The van der Waals surface area contributed by atoms with Crippen LogP contribution < -0.4 is 0 Å². The summed E-state index contributed by atoms with van der Waals surface area (Å²) in [6.45, 7) is 0. The highest BCUT2D eigenvalue weighted by atomic mass is 14.3. The maximum atomic E-state index is 9.80. The molecule has 0 aliphatic heterocycles.